The van der Waals surface area contributed by atoms with Crippen molar-refractivity contribution >= 4 is 0 Å². The Labute approximate surface area is 107 Å². The van der Waals surface area contributed by atoms with Crippen LogP contribution in [0.1, 0.15) is 39.0 Å². The Morgan fingerprint density at radius 2 is 2.00 bits per heavy atom. The van der Waals surface area contributed by atoms with Gasteiger partial charge in [-0.25, -0.2) is 0 Å². The number of rotatable bonds is 8. The number of nitrogens with one attached hydrogen (secondary N) is 1. The van der Waals surface area contributed by atoms with Crippen LogP contribution >= 0.6 is 0 Å². The number of nitrogens with zero attached hydrogens (tertiary/aromatic N) is 1. The van der Waals surface area contributed by atoms with Crippen LogP contribution in [0.15, 0.2) is 0 Å². The van der Waals surface area contributed by atoms with Crippen molar-refractivity contribution < 1.29 is 5.11 Å². The molecule has 3 nitrogen and oxygen atoms in total. The fourth-order valence-electron chi connectivity index (χ4n) is 2.70. The second-order valence-corrected chi connectivity index (χ2v) is 5.57. The van der Waals surface area contributed by atoms with Gasteiger partial charge in [0.15, 0.2) is 0 Å². The lowest BCUT2D eigenvalue weighted by Gasteiger charge is -2.29. The molecule has 1 atom stereocenters. The van der Waals surface area contributed by atoms with E-state index in [-0.39, 0.29) is 0 Å². The average molecular weight is 242 g/mol. The standard InChI is InChI=1S/C14H30N2O/c1-3-4-13(7-10-17)11-15-12-14-5-8-16(2)9-6-14/h13-15,17H,3-12H2,1-2H3. The molecular formula is C14H30N2O. The van der Waals surface area contributed by atoms with Crippen LogP contribution in [0.25, 0.3) is 0 Å². The van der Waals surface area contributed by atoms with Crippen molar-refractivity contribution in [1.29, 1.82) is 0 Å². The van der Waals surface area contributed by atoms with E-state index in [1.165, 1.54) is 45.3 Å². The van der Waals surface area contributed by atoms with Crippen molar-refractivity contribution in [2.24, 2.45) is 11.8 Å². The topological polar surface area (TPSA) is 35.5 Å². The van der Waals surface area contributed by atoms with Crippen molar-refractivity contribution in [3.05, 3.63) is 0 Å². The Bertz CT molecular complexity index is 173. The Kier molecular flexibility index (Phi) is 7.82. The monoisotopic (exact) mass is 242 g/mol. The maximum atomic E-state index is 9.01. The molecule has 1 rings (SSSR count). The van der Waals surface area contributed by atoms with Crippen molar-refractivity contribution in [2.45, 2.75) is 39.0 Å². The van der Waals surface area contributed by atoms with Crippen LogP contribution in [0.3, 0.4) is 0 Å². The number of aliphatic hydroxyl groups is 1. The summed E-state index contributed by atoms with van der Waals surface area (Å²) in [6.45, 7) is 7.31. The van der Waals surface area contributed by atoms with E-state index in [9.17, 15) is 0 Å². The predicted octanol–water partition coefficient (Wildman–Crippen LogP) is 1.72. The summed E-state index contributed by atoms with van der Waals surface area (Å²) in [4.78, 5) is 2.42. The molecule has 1 saturated heterocycles. The number of aliphatic hydroxyl groups excluding tert-OH is 1. The lowest BCUT2D eigenvalue weighted by atomic mass is 9.96. The van der Waals surface area contributed by atoms with Crippen molar-refractivity contribution in [1.82, 2.24) is 10.2 Å². The molecule has 0 saturated carbocycles. The Morgan fingerprint density at radius 1 is 1.29 bits per heavy atom. The molecule has 102 valence electrons. The summed E-state index contributed by atoms with van der Waals surface area (Å²) in [6, 6.07) is 0. The first-order valence-corrected chi connectivity index (χ1v) is 7.26. The van der Waals surface area contributed by atoms with Gasteiger partial charge in [0, 0.05) is 6.61 Å². The first-order chi connectivity index (χ1) is 8.26. The molecule has 0 aromatic rings. The third kappa shape index (κ3) is 6.39. The molecule has 17 heavy (non-hydrogen) atoms. The first kappa shape index (κ1) is 14.9. The van der Waals surface area contributed by atoms with Crippen LogP contribution in [0, 0.1) is 11.8 Å². The normalized spacial score (nSPS) is 20.6. The largest absolute Gasteiger partial charge is 0.396 e. The van der Waals surface area contributed by atoms with Gasteiger partial charge in [-0.05, 0) is 70.7 Å². The molecule has 1 aliphatic heterocycles. The summed E-state index contributed by atoms with van der Waals surface area (Å²) in [6.07, 6.45) is 6.08. The van der Waals surface area contributed by atoms with E-state index in [0.29, 0.717) is 12.5 Å². The number of likely N-dealkylation sites (tertiary alicyclic amines) is 1. The van der Waals surface area contributed by atoms with E-state index < -0.39 is 0 Å². The van der Waals surface area contributed by atoms with Gasteiger partial charge in [0.25, 0.3) is 0 Å². The van der Waals surface area contributed by atoms with E-state index in [0.717, 1.165) is 18.9 Å². The summed E-state index contributed by atoms with van der Waals surface area (Å²) in [5.74, 6) is 1.53. The Hall–Kier alpha value is -0.120. The van der Waals surface area contributed by atoms with Gasteiger partial charge in [0.05, 0.1) is 0 Å². The molecular weight excluding hydrogens is 212 g/mol. The minimum absolute atomic E-state index is 0.334. The number of hydrogen-bond acceptors (Lipinski definition) is 3. The van der Waals surface area contributed by atoms with Crippen LogP contribution in [0.2, 0.25) is 0 Å². The lowest BCUT2D eigenvalue weighted by molar-refractivity contribution is 0.210. The van der Waals surface area contributed by atoms with E-state index in [2.05, 4.69) is 24.2 Å². The van der Waals surface area contributed by atoms with E-state index >= 15 is 0 Å². The smallest absolute Gasteiger partial charge is 0.0434 e. The van der Waals surface area contributed by atoms with Crippen LogP contribution in [0.4, 0.5) is 0 Å². The molecule has 0 amide bonds. The predicted molar refractivity (Wildman–Crippen MR) is 73.2 cm³/mol. The minimum atomic E-state index is 0.334. The van der Waals surface area contributed by atoms with Gasteiger partial charge in [-0.2, -0.15) is 0 Å². The molecule has 0 aromatic carbocycles. The average Bonchev–Trinajstić information content (AvgIpc) is 2.32. The van der Waals surface area contributed by atoms with Crippen molar-refractivity contribution in [3.63, 3.8) is 0 Å². The molecule has 3 heteroatoms. The summed E-state index contributed by atoms with van der Waals surface area (Å²) in [7, 11) is 2.21. The summed E-state index contributed by atoms with van der Waals surface area (Å²) >= 11 is 0. The van der Waals surface area contributed by atoms with Crippen molar-refractivity contribution in [2.75, 3.05) is 39.8 Å². The first-order valence-electron chi connectivity index (χ1n) is 7.26. The molecule has 2 N–H and O–H groups in total. The summed E-state index contributed by atoms with van der Waals surface area (Å²) in [5, 5.41) is 12.6. The molecule has 0 spiro atoms. The second-order valence-electron chi connectivity index (χ2n) is 5.57. The Balaban J connectivity index is 2.08. The van der Waals surface area contributed by atoms with E-state index in [4.69, 9.17) is 5.11 Å². The van der Waals surface area contributed by atoms with Gasteiger partial charge < -0.3 is 15.3 Å². The third-order valence-corrected chi connectivity index (χ3v) is 3.94. The quantitative estimate of drug-likeness (QED) is 0.680. The molecule has 0 bridgehead atoms. The van der Waals surface area contributed by atoms with Gasteiger partial charge >= 0.3 is 0 Å². The van der Waals surface area contributed by atoms with E-state index in [1.54, 1.807) is 0 Å². The number of hydrogen-bond donors (Lipinski definition) is 2. The fourth-order valence-corrected chi connectivity index (χ4v) is 2.70. The molecule has 1 heterocycles. The zero-order chi connectivity index (χ0) is 12.5. The molecule has 0 radical (unpaired) electrons. The molecule has 1 unspecified atom stereocenters. The fraction of sp³-hybridized carbons (Fsp3) is 1.00. The van der Waals surface area contributed by atoms with Crippen molar-refractivity contribution in [3.8, 4) is 0 Å². The highest BCUT2D eigenvalue weighted by atomic mass is 16.3. The lowest BCUT2D eigenvalue weighted by Crippen LogP contribution is -2.36. The molecule has 0 aromatic heterocycles. The molecule has 1 aliphatic rings. The van der Waals surface area contributed by atoms with Crippen LogP contribution in [-0.4, -0.2) is 49.8 Å². The number of piperidine rings is 1. The van der Waals surface area contributed by atoms with Gasteiger partial charge in [-0.1, -0.05) is 13.3 Å². The second kappa shape index (κ2) is 8.90. The molecule has 1 fully saturated rings. The third-order valence-electron chi connectivity index (χ3n) is 3.94. The Morgan fingerprint density at radius 3 is 2.59 bits per heavy atom. The maximum absolute atomic E-state index is 9.01. The van der Waals surface area contributed by atoms with Gasteiger partial charge in [-0.15, -0.1) is 0 Å². The van der Waals surface area contributed by atoms with Crippen LogP contribution in [-0.2, 0) is 0 Å². The highest BCUT2D eigenvalue weighted by molar-refractivity contribution is 4.72. The van der Waals surface area contributed by atoms with Crippen LogP contribution < -0.4 is 5.32 Å². The van der Waals surface area contributed by atoms with Gasteiger partial charge in [0.2, 0.25) is 0 Å². The highest BCUT2D eigenvalue weighted by Crippen LogP contribution is 2.15. The summed E-state index contributed by atoms with van der Waals surface area (Å²) in [5.41, 5.74) is 0. The molecule has 0 aliphatic carbocycles. The minimum Gasteiger partial charge on any atom is -0.396 e. The highest BCUT2D eigenvalue weighted by Gasteiger charge is 2.16. The van der Waals surface area contributed by atoms with Gasteiger partial charge in [-0.3, -0.25) is 0 Å². The zero-order valence-electron chi connectivity index (χ0n) is 11.6. The summed E-state index contributed by atoms with van der Waals surface area (Å²) < 4.78 is 0. The SMILES string of the molecule is CCCC(CCO)CNCC1CCN(C)CC1. The van der Waals surface area contributed by atoms with Gasteiger partial charge in [0.1, 0.15) is 0 Å². The van der Waals surface area contributed by atoms with Crippen LogP contribution in [0.5, 0.6) is 0 Å². The van der Waals surface area contributed by atoms with E-state index in [1.807, 2.05) is 0 Å². The zero-order valence-corrected chi connectivity index (χ0v) is 11.6. The maximum Gasteiger partial charge on any atom is 0.0434 e.